The summed E-state index contributed by atoms with van der Waals surface area (Å²) in [6.07, 6.45) is 0. The van der Waals surface area contributed by atoms with Crippen LogP contribution in [0.25, 0.3) is 0 Å². The summed E-state index contributed by atoms with van der Waals surface area (Å²) in [5, 5.41) is 8.31. The fraction of sp³-hybridized carbons (Fsp3) is 0.800. The first-order valence-corrected chi connectivity index (χ1v) is 4.91. The standard InChI is InChI=1S/C10H19NO4/c1-7(2)8(3)11(4)9(12)5-15-6-10(13)14/h7-8H,5-6H2,1-4H3,(H,13,14). The number of rotatable bonds is 6. The normalized spacial score (nSPS) is 12.6. The molecular formula is C10H19NO4. The summed E-state index contributed by atoms with van der Waals surface area (Å²) in [5.74, 6) is -0.904. The van der Waals surface area contributed by atoms with Crippen molar-refractivity contribution in [3.05, 3.63) is 0 Å². The van der Waals surface area contributed by atoms with Crippen molar-refractivity contribution >= 4 is 11.9 Å². The third-order valence-electron chi connectivity index (χ3n) is 2.42. The number of carboxylic acid groups (broad SMARTS) is 1. The fourth-order valence-corrected chi connectivity index (χ4v) is 1.00. The highest BCUT2D eigenvalue weighted by atomic mass is 16.5. The summed E-state index contributed by atoms with van der Waals surface area (Å²) in [6, 6.07) is 0.117. The molecule has 0 aromatic rings. The number of aliphatic carboxylic acids is 1. The van der Waals surface area contributed by atoms with Gasteiger partial charge in [0.05, 0.1) is 0 Å². The van der Waals surface area contributed by atoms with Crippen LogP contribution in [0.1, 0.15) is 20.8 Å². The Morgan fingerprint density at radius 1 is 1.27 bits per heavy atom. The van der Waals surface area contributed by atoms with E-state index >= 15 is 0 Å². The van der Waals surface area contributed by atoms with Gasteiger partial charge in [-0.15, -0.1) is 0 Å². The van der Waals surface area contributed by atoms with Crippen LogP contribution >= 0.6 is 0 Å². The zero-order valence-electron chi connectivity index (χ0n) is 9.69. The molecule has 1 N–H and O–H groups in total. The van der Waals surface area contributed by atoms with E-state index in [0.717, 1.165) is 0 Å². The smallest absolute Gasteiger partial charge is 0.329 e. The SMILES string of the molecule is CC(C)C(C)N(C)C(=O)COCC(=O)O. The summed E-state index contributed by atoms with van der Waals surface area (Å²) >= 11 is 0. The quantitative estimate of drug-likeness (QED) is 0.707. The minimum absolute atomic E-state index is 0.117. The maximum absolute atomic E-state index is 11.5. The second kappa shape index (κ2) is 6.40. The number of amides is 1. The molecule has 0 aromatic heterocycles. The lowest BCUT2D eigenvalue weighted by atomic mass is 10.1. The summed E-state index contributed by atoms with van der Waals surface area (Å²) in [7, 11) is 1.69. The molecule has 0 saturated heterocycles. The predicted octanol–water partition coefficient (Wildman–Crippen LogP) is 0.591. The van der Waals surface area contributed by atoms with Crippen molar-refractivity contribution in [2.24, 2.45) is 5.92 Å². The first kappa shape index (κ1) is 13.9. The van der Waals surface area contributed by atoms with Crippen LogP contribution in [0.4, 0.5) is 0 Å². The molecule has 0 saturated carbocycles. The predicted molar refractivity (Wildman–Crippen MR) is 55.5 cm³/mol. The molecule has 88 valence electrons. The Hall–Kier alpha value is -1.10. The van der Waals surface area contributed by atoms with Crippen molar-refractivity contribution in [3.8, 4) is 0 Å². The topological polar surface area (TPSA) is 66.8 Å². The Labute approximate surface area is 90.0 Å². The van der Waals surface area contributed by atoms with E-state index in [1.54, 1.807) is 11.9 Å². The van der Waals surface area contributed by atoms with Crippen molar-refractivity contribution in [3.63, 3.8) is 0 Å². The van der Waals surface area contributed by atoms with Crippen LogP contribution in [0.2, 0.25) is 0 Å². The van der Waals surface area contributed by atoms with Gasteiger partial charge in [0.2, 0.25) is 5.91 Å². The van der Waals surface area contributed by atoms with Crippen LogP contribution in [-0.2, 0) is 14.3 Å². The van der Waals surface area contributed by atoms with Gasteiger partial charge in [0, 0.05) is 13.1 Å². The van der Waals surface area contributed by atoms with Gasteiger partial charge in [-0.1, -0.05) is 13.8 Å². The zero-order chi connectivity index (χ0) is 12.0. The molecule has 1 atom stereocenters. The number of nitrogens with zero attached hydrogens (tertiary/aromatic N) is 1. The molecule has 0 aliphatic rings. The van der Waals surface area contributed by atoms with Gasteiger partial charge in [0.1, 0.15) is 13.2 Å². The minimum Gasteiger partial charge on any atom is -0.480 e. The Bertz CT molecular complexity index is 227. The van der Waals surface area contributed by atoms with Crippen LogP contribution in [0.15, 0.2) is 0 Å². The zero-order valence-corrected chi connectivity index (χ0v) is 9.69. The first-order valence-electron chi connectivity index (χ1n) is 4.91. The van der Waals surface area contributed by atoms with Crippen molar-refractivity contribution in [2.45, 2.75) is 26.8 Å². The molecule has 1 unspecified atom stereocenters. The molecule has 5 nitrogen and oxygen atoms in total. The molecule has 1 amide bonds. The molecule has 0 aliphatic heterocycles. The molecule has 0 heterocycles. The molecule has 0 aromatic carbocycles. The molecule has 0 fully saturated rings. The number of carbonyl (C=O) groups excluding carboxylic acids is 1. The Balaban J connectivity index is 3.94. The summed E-state index contributed by atoms with van der Waals surface area (Å²) < 4.78 is 4.72. The largest absolute Gasteiger partial charge is 0.480 e. The van der Waals surface area contributed by atoms with Crippen LogP contribution in [0, 0.1) is 5.92 Å². The van der Waals surface area contributed by atoms with Gasteiger partial charge in [-0.25, -0.2) is 4.79 Å². The van der Waals surface area contributed by atoms with Gasteiger partial charge in [-0.3, -0.25) is 4.79 Å². The Morgan fingerprint density at radius 2 is 1.80 bits per heavy atom. The number of likely N-dealkylation sites (N-methyl/N-ethyl adjacent to an activating group) is 1. The van der Waals surface area contributed by atoms with Crippen LogP contribution < -0.4 is 0 Å². The van der Waals surface area contributed by atoms with Gasteiger partial charge in [0.25, 0.3) is 0 Å². The molecule has 0 rings (SSSR count). The van der Waals surface area contributed by atoms with Crippen molar-refractivity contribution < 1.29 is 19.4 Å². The van der Waals surface area contributed by atoms with Gasteiger partial charge in [-0.2, -0.15) is 0 Å². The molecule has 0 spiro atoms. The van der Waals surface area contributed by atoms with E-state index in [1.807, 2.05) is 20.8 Å². The van der Waals surface area contributed by atoms with Crippen molar-refractivity contribution in [1.82, 2.24) is 4.90 Å². The summed E-state index contributed by atoms with van der Waals surface area (Å²) in [6.45, 7) is 5.37. The Kier molecular flexibility index (Phi) is 5.93. The number of carbonyl (C=O) groups is 2. The lowest BCUT2D eigenvalue weighted by Gasteiger charge is -2.27. The highest BCUT2D eigenvalue weighted by Crippen LogP contribution is 2.07. The molecule has 0 radical (unpaired) electrons. The van der Waals surface area contributed by atoms with Crippen LogP contribution in [0.5, 0.6) is 0 Å². The highest BCUT2D eigenvalue weighted by molar-refractivity contribution is 5.78. The average molecular weight is 217 g/mol. The Morgan fingerprint density at radius 3 is 2.20 bits per heavy atom. The molecule has 0 aliphatic carbocycles. The monoisotopic (exact) mass is 217 g/mol. The number of carboxylic acids is 1. The van der Waals surface area contributed by atoms with E-state index in [9.17, 15) is 9.59 Å². The third kappa shape index (κ3) is 5.37. The highest BCUT2D eigenvalue weighted by Gasteiger charge is 2.18. The maximum Gasteiger partial charge on any atom is 0.329 e. The van der Waals surface area contributed by atoms with Gasteiger partial charge >= 0.3 is 5.97 Å². The molecule has 5 heteroatoms. The van der Waals surface area contributed by atoms with E-state index in [1.165, 1.54) is 0 Å². The van der Waals surface area contributed by atoms with E-state index in [0.29, 0.717) is 5.92 Å². The molecule has 0 bridgehead atoms. The molecule has 15 heavy (non-hydrogen) atoms. The second-order valence-electron chi connectivity index (χ2n) is 3.88. The van der Waals surface area contributed by atoms with Crippen molar-refractivity contribution in [1.29, 1.82) is 0 Å². The lowest BCUT2D eigenvalue weighted by molar-refractivity contribution is -0.146. The average Bonchev–Trinajstić information content (AvgIpc) is 2.14. The number of hydrogen-bond donors (Lipinski definition) is 1. The molecular weight excluding hydrogens is 198 g/mol. The van der Waals surface area contributed by atoms with Crippen LogP contribution in [0.3, 0.4) is 0 Å². The lowest BCUT2D eigenvalue weighted by Crippen LogP contribution is -2.40. The number of hydrogen-bond acceptors (Lipinski definition) is 3. The maximum atomic E-state index is 11.5. The second-order valence-corrected chi connectivity index (χ2v) is 3.88. The summed E-state index contributed by atoms with van der Waals surface area (Å²) in [5.41, 5.74) is 0. The first-order chi connectivity index (χ1) is 6.86. The number of ether oxygens (including phenoxy) is 1. The third-order valence-corrected chi connectivity index (χ3v) is 2.42. The van der Waals surface area contributed by atoms with Gasteiger partial charge < -0.3 is 14.7 Å². The summed E-state index contributed by atoms with van der Waals surface area (Å²) in [4.78, 5) is 23.2. The van der Waals surface area contributed by atoms with E-state index in [-0.39, 0.29) is 18.6 Å². The van der Waals surface area contributed by atoms with Crippen molar-refractivity contribution in [2.75, 3.05) is 20.3 Å². The van der Waals surface area contributed by atoms with E-state index < -0.39 is 12.6 Å². The minimum atomic E-state index is -1.07. The van der Waals surface area contributed by atoms with Crippen LogP contribution in [-0.4, -0.2) is 48.2 Å². The fourth-order valence-electron chi connectivity index (χ4n) is 1.00. The van der Waals surface area contributed by atoms with Gasteiger partial charge in [-0.05, 0) is 12.8 Å². The van der Waals surface area contributed by atoms with Gasteiger partial charge in [0.15, 0.2) is 0 Å². The van der Waals surface area contributed by atoms with E-state index in [2.05, 4.69) is 0 Å². The van der Waals surface area contributed by atoms with E-state index in [4.69, 9.17) is 9.84 Å².